The topological polar surface area (TPSA) is 28.5 Å². The van der Waals surface area contributed by atoms with E-state index in [9.17, 15) is 9.18 Å². The Kier molecular flexibility index (Phi) is 4.63. The van der Waals surface area contributed by atoms with E-state index in [4.69, 9.17) is 0 Å². The Morgan fingerprint density at radius 1 is 1.03 bits per heavy atom. The number of likely N-dealkylation sites (tertiary alicyclic amines) is 1. The second-order valence-corrected chi connectivity index (χ2v) is 8.45. The SMILES string of the molecule is CN1CCC(CN2CCc3cn(-c4ccc(F)cc4)c4cccc(c34)C2=O)CC1. The lowest BCUT2D eigenvalue weighted by Crippen LogP contribution is -2.40. The Morgan fingerprint density at radius 3 is 2.55 bits per heavy atom. The molecule has 0 saturated carbocycles. The van der Waals surface area contributed by atoms with Crippen LogP contribution in [0.2, 0.25) is 0 Å². The lowest BCUT2D eigenvalue weighted by molar-refractivity contribution is 0.0706. The average molecular weight is 391 g/mol. The van der Waals surface area contributed by atoms with Gasteiger partial charge in [0, 0.05) is 35.9 Å². The maximum absolute atomic E-state index is 13.4. The van der Waals surface area contributed by atoms with Gasteiger partial charge in [-0.25, -0.2) is 4.39 Å². The Bertz CT molecular complexity index is 1050. The molecule has 4 nitrogen and oxygen atoms in total. The van der Waals surface area contributed by atoms with Gasteiger partial charge in [-0.05, 0) is 87.3 Å². The maximum Gasteiger partial charge on any atom is 0.254 e. The molecule has 0 radical (unpaired) electrons. The first-order valence-corrected chi connectivity index (χ1v) is 10.5. The zero-order chi connectivity index (χ0) is 20.0. The molecule has 29 heavy (non-hydrogen) atoms. The van der Waals surface area contributed by atoms with Crippen molar-refractivity contribution in [3.8, 4) is 5.69 Å². The van der Waals surface area contributed by atoms with Gasteiger partial charge in [-0.2, -0.15) is 0 Å². The molecule has 1 amide bonds. The normalized spacial score (nSPS) is 18.4. The van der Waals surface area contributed by atoms with Gasteiger partial charge in [-0.15, -0.1) is 0 Å². The average Bonchev–Trinajstić information content (AvgIpc) is 3.05. The standard InChI is InChI=1S/C24H26FN3O/c1-26-12-9-17(10-13-26)15-27-14-11-18-16-28(20-7-5-19(25)6-8-20)22-4-2-3-21(23(18)22)24(27)29/h2-8,16-17H,9-15H2,1H3. The van der Waals surface area contributed by atoms with Crippen LogP contribution in [-0.4, -0.2) is 53.5 Å². The lowest BCUT2D eigenvalue weighted by Gasteiger charge is -2.33. The number of piperidine rings is 1. The van der Waals surface area contributed by atoms with Crippen LogP contribution in [0.15, 0.2) is 48.7 Å². The summed E-state index contributed by atoms with van der Waals surface area (Å²) in [7, 11) is 2.17. The Morgan fingerprint density at radius 2 is 1.79 bits per heavy atom. The molecule has 0 atom stereocenters. The van der Waals surface area contributed by atoms with Crippen LogP contribution in [-0.2, 0) is 6.42 Å². The summed E-state index contributed by atoms with van der Waals surface area (Å²) < 4.78 is 15.4. The van der Waals surface area contributed by atoms with Crippen molar-refractivity contribution in [1.82, 2.24) is 14.4 Å². The molecule has 150 valence electrons. The minimum absolute atomic E-state index is 0.144. The largest absolute Gasteiger partial charge is 0.338 e. The highest BCUT2D eigenvalue weighted by Crippen LogP contribution is 2.32. The molecule has 5 heteroatoms. The predicted molar refractivity (Wildman–Crippen MR) is 113 cm³/mol. The number of amides is 1. The van der Waals surface area contributed by atoms with Gasteiger partial charge in [0.15, 0.2) is 0 Å². The van der Waals surface area contributed by atoms with Crippen molar-refractivity contribution in [2.45, 2.75) is 19.3 Å². The molecule has 0 N–H and O–H groups in total. The number of carbonyl (C=O) groups excluding carboxylic acids is 1. The van der Waals surface area contributed by atoms with Gasteiger partial charge < -0.3 is 14.4 Å². The van der Waals surface area contributed by atoms with Crippen LogP contribution in [0.3, 0.4) is 0 Å². The van der Waals surface area contributed by atoms with Crippen LogP contribution in [0.25, 0.3) is 16.6 Å². The number of rotatable bonds is 3. The van der Waals surface area contributed by atoms with Crippen LogP contribution < -0.4 is 0 Å². The fourth-order valence-corrected chi connectivity index (χ4v) is 4.81. The molecule has 3 aromatic rings. The third-order valence-corrected chi connectivity index (χ3v) is 6.50. The van der Waals surface area contributed by atoms with E-state index < -0.39 is 0 Å². The summed E-state index contributed by atoms with van der Waals surface area (Å²) in [5.41, 5.74) is 3.91. The summed E-state index contributed by atoms with van der Waals surface area (Å²) in [6.45, 7) is 3.84. The predicted octanol–water partition coefficient (Wildman–Crippen LogP) is 4.11. The number of hydrogen-bond donors (Lipinski definition) is 0. The van der Waals surface area contributed by atoms with Crippen molar-refractivity contribution in [1.29, 1.82) is 0 Å². The van der Waals surface area contributed by atoms with Crippen LogP contribution >= 0.6 is 0 Å². The molecule has 1 fully saturated rings. The highest BCUT2D eigenvalue weighted by atomic mass is 19.1. The van der Waals surface area contributed by atoms with Gasteiger partial charge in [-0.1, -0.05) is 6.07 Å². The number of benzene rings is 2. The van der Waals surface area contributed by atoms with E-state index in [2.05, 4.69) is 27.6 Å². The molecule has 0 aliphatic carbocycles. The van der Waals surface area contributed by atoms with E-state index in [1.807, 2.05) is 18.2 Å². The number of aromatic nitrogens is 1. The molecule has 2 aromatic carbocycles. The number of carbonyl (C=O) groups is 1. The fraction of sp³-hybridized carbons (Fsp3) is 0.375. The van der Waals surface area contributed by atoms with Crippen molar-refractivity contribution in [2.24, 2.45) is 5.92 Å². The number of halogens is 1. The summed E-state index contributed by atoms with van der Waals surface area (Å²) in [6, 6.07) is 12.5. The zero-order valence-corrected chi connectivity index (χ0v) is 16.8. The van der Waals surface area contributed by atoms with Crippen molar-refractivity contribution < 1.29 is 9.18 Å². The van der Waals surface area contributed by atoms with E-state index in [1.54, 1.807) is 12.1 Å². The van der Waals surface area contributed by atoms with Crippen LogP contribution in [0.5, 0.6) is 0 Å². The van der Waals surface area contributed by atoms with E-state index >= 15 is 0 Å². The molecule has 0 spiro atoms. The smallest absolute Gasteiger partial charge is 0.254 e. The molecule has 1 aromatic heterocycles. The molecule has 1 saturated heterocycles. The third-order valence-electron chi connectivity index (χ3n) is 6.50. The lowest BCUT2D eigenvalue weighted by atomic mass is 9.96. The van der Waals surface area contributed by atoms with E-state index in [-0.39, 0.29) is 11.7 Å². The summed E-state index contributed by atoms with van der Waals surface area (Å²) in [5, 5.41) is 1.05. The summed E-state index contributed by atoms with van der Waals surface area (Å²) in [5.74, 6) is 0.489. The Hall–Kier alpha value is -2.66. The second kappa shape index (κ2) is 7.30. The first-order valence-electron chi connectivity index (χ1n) is 10.5. The van der Waals surface area contributed by atoms with E-state index in [0.29, 0.717) is 5.92 Å². The van der Waals surface area contributed by atoms with Gasteiger partial charge in [0.2, 0.25) is 0 Å². The molecule has 2 aliphatic heterocycles. The molecule has 0 bridgehead atoms. The summed E-state index contributed by atoms with van der Waals surface area (Å²) >= 11 is 0. The monoisotopic (exact) mass is 391 g/mol. The third kappa shape index (κ3) is 3.33. The van der Waals surface area contributed by atoms with Gasteiger partial charge in [-0.3, -0.25) is 4.79 Å². The van der Waals surface area contributed by atoms with Crippen LogP contribution in [0.1, 0.15) is 28.8 Å². The van der Waals surface area contributed by atoms with Crippen molar-refractivity contribution in [2.75, 3.05) is 33.2 Å². The van der Waals surface area contributed by atoms with Gasteiger partial charge in [0.1, 0.15) is 5.82 Å². The van der Waals surface area contributed by atoms with Crippen molar-refractivity contribution in [3.05, 3.63) is 65.6 Å². The first-order chi connectivity index (χ1) is 14.1. The van der Waals surface area contributed by atoms with Gasteiger partial charge in [0.25, 0.3) is 5.91 Å². The minimum Gasteiger partial charge on any atom is -0.338 e. The highest BCUT2D eigenvalue weighted by Gasteiger charge is 2.28. The minimum atomic E-state index is -0.244. The first kappa shape index (κ1) is 18.4. The Labute approximate surface area is 170 Å². The molecule has 5 rings (SSSR count). The van der Waals surface area contributed by atoms with Gasteiger partial charge in [0.05, 0.1) is 5.52 Å². The number of hydrogen-bond acceptors (Lipinski definition) is 2. The highest BCUT2D eigenvalue weighted by molar-refractivity contribution is 6.08. The molecular weight excluding hydrogens is 365 g/mol. The van der Waals surface area contributed by atoms with Crippen LogP contribution in [0, 0.1) is 11.7 Å². The summed E-state index contributed by atoms with van der Waals surface area (Å²) in [6.07, 6.45) is 5.29. The Balaban J connectivity index is 1.49. The quantitative estimate of drug-likeness (QED) is 0.672. The number of nitrogens with zero attached hydrogens (tertiary/aromatic N) is 3. The van der Waals surface area contributed by atoms with Gasteiger partial charge >= 0.3 is 0 Å². The fourth-order valence-electron chi connectivity index (χ4n) is 4.81. The second-order valence-electron chi connectivity index (χ2n) is 8.45. The molecular formula is C24H26FN3O. The van der Waals surface area contributed by atoms with Crippen molar-refractivity contribution >= 4 is 16.8 Å². The zero-order valence-electron chi connectivity index (χ0n) is 16.8. The molecule has 2 aliphatic rings. The molecule has 0 unspecified atom stereocenters. The molecule has 3 heterocycles. The maximum atomic E-state index is 13.4. The van der Waals surface area contributed by atoms with E-state index in [0.717, 1.165) is 67.6 Å². The van der Waals surface area contributed by atoms with Crippen molar-refractivity contribution in [3.63, 3.8) is 0 Å². The summed E-state index contributed by atoms with van der Waals surface area (Å²) in [4.78, 5) is 17.8. The van der Waals surface area contributed by atoms with Crippen LogP contribution in [0.4, 0.5) is 4.39 Å². The van der Waals surface area contributed by atoms with E-state index in [1.165, 1.54) is 17.7 Å².